The Bertz CT molecular complexity index is 823. The minimum atomic E-state index is -0.208. The summed E-state index contributed by atoms with van der Waals surface area (Å²) in [4.78, 5) is 24.4. The summed E-state index contributed by atoms with van der Waals surface area (Å²) in [5.74, 6) is 0.431. The van der Waals surface area contributed by atoms with Gasteiger partial charge in [-0.05, 0) is 25.1 Å². The van der Waals surface area contributed by atoms with Gasteiger partial charge in [-0.1, -0.05) is 0 Å². The van der Waals surface area contributed by atoms with Gasteiger partial charge in [0.05, 0.1) is 17.4 Å². The minimum absolute atomic E-state index is 0.208. The van der Waals surface area contributed by atoms with Crippen molar-refractivity contribution < 1.29 is 0 Å². The lowest BCUT2D eigenvalue weighted by atomic mass is 10.2. The molecule has 3 aromatic rings. The summed E-state index contributed by atoms with van der Waals surface area (Å²) >= 11 is 1.61. The highest BCUT2D eigenvalue weighted by molar-refractivity contribution is 7.11. The predicted octanol–water partition coefficient (Wildman–Crippen LogP) is 1.88. The summed E-state index contributed by atoms with van der Waals surface area (Å²) in [6, 6.07) is 5.08. The van der Waals surface area contributed by atoms with Gasteiger partial charge in [-0.15, -0.1) is 11.3 Å². The molecule has 20 heavy (non-hydrogen) atoms. The van der Waals surface area contributed by atoms with E-state index in [2.05, 4.69) is 20.3 Å². The van der Waals surface area contributed by atoms with Gasteiger partial charge in [0.1, 0.15) is 5.01 Å². The fourth-order valence-corrected chi connectivity index (χ4v) is 2.61. The topological polar surface area (TPSA) is 96.7 Å². The van der Waals surface area contributed by atoms with Gasteiger partial charge >= 0.3 is 0 Å². The summed E-state index contributed by atoms with van der Waals surface area (Å²) in [5.41, 5.74) is 6.61. The zero-order valence-electron chi connectivity index (χ0n) is 10.8. The first-order chi connectivity index (χ1) is 9.61. The van der Waals surface area contributed by atoms with Gasteiger partial charge in [-0.25, -0.2) is 9.97 Å². The molecule has 0 amide bonds. The number of anilines is 2. The van der Waals surface area contributed by atoms with Gasteiger partial charge in [0.2, 0.25) is 5.95 Å². The van der Waals surface area contributed by atoms with E-state index >= 15 is 0 Å². The summed E-state index contributed by atoms with van der Waals surface area (Å²) in [6.45, 7) is 2.53. The average molecular weight is 287 g/mol. The number of nitrogen functional groups attached to an aromatic ring is 1. The van der Waals surface area contributed by atoms with Crippen LogP contribution in [0.4, 0.5) is 11.6 Å². The molecule has 102 valence electrons. The number of aromatic amines is 1. The van der Waals surface area contributed by atoms with Crippen LogP contribution in [0.2, 0.25) is 0 Å². The number of rotatable bonds is 3. The Balaban J connectivity index is 1.89. The van der Waals surface area contributed by atoms with Gasteiger partial charge in [0.25, 0.3) is 5.56 Å². The first-order valence-corrected chi connectivity index (χ1v) is 6.88. The van der Waals surface area contributed by atoms with E-state index in [9.17, 15) is 4.79 Å². The van der Waals surface area contributed by atoms with Gasteiger partial charge < -0.3 is 11.1 Å². The standard InChI is InChI=1S/C13H13N5OS/c1-7-5-15-11(20-7)6-16-13-17-10-3-2-8(14)4-9(10)12(19)18-13/h2-5H,6,14H2,1H3,(H2,16,17,18,19). The molecule has 0 fully saturated rings. The van der Waals surface area contributed by atoms with Crippen molar-refractivity contribution in [2.45, 2.75) is 13.5 Å². The molecule has 0 bridgehead atoms. The van der Waals surface area contributed by atoms with Crippen LogP contribution < -0.4 is 16.6 Å². The van der Waals surface area contributed by atoms with Crippen LogP contribution in [-0.4, -0.2) is 15.0 Å². The highest BCUT2D eigenvalue weighted by Crippen LogP contribution is 2.14. The van der Waals surface area contributed by atoms with E-state index in [0.29, 0.717) is 29.1 Å². The van der Waals surface area contributed by atoms with E-state index in [-0.39, 0.29) is 5.56 Å². The zero-order valence-corrected chi connectivity index (χ0v) is 11.6. The Morgan fingerprint density at radius 3 is 3.05 bits per heavy atom. The highest BCUT2D eigenvalue weighted by Gasteiger charge is 2.05. The molecule has 4 N–H and O–H groups in total. The number of nitrogens with one attached hydrogen (secondary N) is 2. The van der Waals surface area contributed by atoms with Crippen LogP contribution >= 0.6 is 11.3 Å². The number of hydrogen-bond acceptors (Lipinski definition) is 6. The van der Waals surface area contributed by atoms with Gasteiger partial charge in [-0.3, -0.25) is 9.78 Å². The van der Waals surface area contributed by atoms with Crippen molar-refractivity contribution in [2.75, 3.05) is 11.1 Å². The molecule has 0 saturated heterocycles. The Kier molecular flexibility index (Phi) is 3.11. The Labute approximate surface area is 118 Å². The van der Waals surface area contributed by atoms with E-state index in [1.807, 2.05) is 13.1 Å². The Morgan fingerprint density at radius 1 is 1.45 bits per heavy atom. The van der Waals surface area contributed by atoms with Crippen LogP contribution in [-0.2, 0) is 6.54 Å². The molecular formula is C13H13N5OS. The molecule has 6 nitrogen and oxygen atoms in total. The number of H-pyrrole nitrogens is 1. The lowest BCUT2D eigenvalue weighted by molar-refractivity contribution is 1.04. The fourth-order valence-electron chi connectivity index (χ4n) is 1.88. The second-order valence-corrected chi connectivity index (χ2v) is 5.73. The molecule has 2 aromatic heterocycles. The number of fused-ring (bicyclic) bond motifs is 1. The third-order valence-electron chi connectivity index (χ3n) is 2.81. The first kappa shape index (κ1) is 12.6. The average Bonchev–Trinajstić information content (AvgIpc) is 2.83. The lowest BCUT2D eigenvalue weighted by Gasteiger charge is -2.05. The monoisotopic (exact) mass is 287 g/mol. The Hall–Kier alpha value is -2.41. The fraction of sp³-hybridized carbons (Fsp3) is 0.154. The summed E-state index contributed by atoms with van der Waals surface area (Å²) in [6.07, 6.45) is 1.82. The van der Waals surface area contributed by atoms with E-state index in [1.165, 1.54) is 0 Å². The summed E-state index contributed by atoms with van der Waals surface area (Å²) in [7, 11) is 0. The smallest absolute Gasteiger partial charge is 0.260 e. The SMILES string of the molecule is Cc1cnc(CNc2nc3ccc(N)cc3c(=O)[nH]2)s1. The maximum Gasteiger partial charge on any atom is 0.260 e. The molecular weight excluding hydrogens is 274 g/mol. The second kappa shape index (κ2) is 4.93. The zero-order chi connectivity index (χ0) is 14.1. The highest BCUT2D eigenvalue weighted by atomic mass is 32.1. The van der Waals surface area contributed by atoms with Gasteiger partial charge in [-0.2, -0.15) is 0 Å². The predicted molar refractivity (Wildman–Crippen MR) is 81.0 cm³/mol. The molecule has 0 saturated carbocycles. The Morgan fingerprint density at radius 2 is 2.30 bits per heavy atom. The molecule has 0 aliphatic rings. The normalized spacial score (nSPS) is 10.8. The largest absolute Gasteiger partial charge is 0.399 e. The third kappa shape index (κ3) is 2.48. The van der Waals surface area contributed by atoms with Crippen LogP contribution in [0.5, 0.6) is 0 Å². The van der Waals surface area contributed by atoms with Crippen LogP contribution in [0.3, 0.4) is 0 Å². The number of aromatic nitrogens is 3. The maximum atomic E-state index is 12.0. The molecule has 0 radical (unpaired) electrons. The van der Waals surface area contributed by atoms with E-state index in [4.69, 9.17) is 5.73 Å². The summed E-state index contributed by atoms with van der Waals surface area (Å²) < 4.78 is 0. The molecule has 2 heterocycles. The van der Waals surface area contributed by atoms with Crippen molar-refractivity contribution >= 4 is 33.9 Å². The van der Waals surface area contributed by atoms with Crippen molar-refractivity contribution in [1.29, 1.82) is 0 Å². The van der Waals surface area contributed by atoms with Crippen LogP contribution in [0, 0.1) is 6.92 Å². The van der Waals surface area contributed by atoms with Crippen LogP contribution in [0.15, 0.2) is 29.2 Å². The molecule has 0 aliphatic heterocycles. The van der Waals surface area contributed by atoms with E-state index in [1.54, 1.807) is 29.5 Å². The van der Waals surface area contributed by atoms with Crippen LogP contribution in [0.25, 0.3) is 10.9 Å². The second-order valence-electron chi connectivity index (χ2n) is 4.41. The van der Waals surface area contributed by atoms with Crippen molar-refractivity contribution in [3.05, 3.63) is 44.6 Å². The third-order valence-corrected chi connectivity index (χ3v) is 3.72. The molecule has 1 aromatic carbocycles. The maximum absolute atomic E-state index is 12.0. The molecule has 0 unspecified atom stereocenters. The first-order valence-electron chi connectivity index (χ1n) is 6.06. The summed E-state index contributed by atoms with van der Waals surface area (Å²) in [5, 5.41) is 4.51. The van der Waals surface area contributed by atoms with Crippen LogP contribution in [0.1, 0.15) is 9.88 Å². The number of nitrogens with two attached hydrogens (primary N) is 1. The van der Waals surface area contributed by atoms with Crippen molar-refractivity contribution in [1.82, 2.24) is 15.0 Å². The van der Waals surface area contributed by atoms with Gasteiger partial charge in [0, 0.05) is 16.8 Å². The number of thiazole rings is 1. The molecule has 0 atom stereocenters. The molecule has 7 heteroatoms. The van der Waals surface area contributed by atoms with E-state index in [0.717, 1.165) is 9.88 Å². The number of nitrogens with zero attached hydrogens (tertiary/aromatic N) is 2. The van der Waals surface area contributed by atoms with Crippen molar-refractivity contribution in [3.8, 4) is 0 Å². The van der Waals surface area contributed by atoms with Gasteiger partial charge in [0.15, 0.2) is 0 Å². The number of aryl methyl sites for hydroxylation is 1. The quantitative estimate of drug-likeness (QED) is 0.639. The lowest BCUT2D eigenvalue weighted by Crippen LogP contribution is -2.13. The van der Waals surface area contributed by atoms with E-state index < -0.39 is 0 Å². The van der Waals surface area contributed by atoms with Crippen molar-refractivity contribution in [3.63, 3.8) is 0 Å². The number of benzene rings is 1. The molecule has 3 rings (SSSR count). The minimum Gasteiger partial charge on any atom is -0.399 e. The molecule has 0 aliphatic carbocycles. The number of hydrogen-bond donors (Lipinski definition) is 3. The van der Waals surface area contributed by atoms with Crippen molar-refractivity contribution in [2.24, 2.45) is 0 Å². The molecule has 0 spiro atoms.